The van der Waals surface area contributed by atoms with Crippen LogP contribution in [0.2, 0.25) is 0 Å². The first-order valence-corrected chi connectivity index (χ1v) is 12.5. The summed E-state index contributed by atoms with van der Waals surface area (Å²) < 4.78 is 13.4. The summed E-state index contributed by atoms with van der Waals surface area (Å²) in [5.41, 5.74) is 5.77. The molecule has 0 spiro atoms. The van der Waals surface area contributed by atoms with E-state index in [1.807, 2.05) is 55.5 Å². The van der Waals surface area contributed by atoms with E-state index in [4.69, 9.17) is 0 Å². The fourth-order valence-corrected chi connectivity index (χ4v) is 5.72. The van der Waals surface area contributed by atoms with Crippen molar-refractivity contribution in [3.63, 3.8) is 0 Å². The van der Waals surface area contributed by atoms with Crippen molar-refractivity contribution in [3.05, 3.63) is 124 Å². The van der Waals surface area contributed by atoms with Crippen LogP contribution in [0.1, 0.15) is 54.9 Å². The zero-order valence-electron chi connectivity index (χ0n) is 20.4. The zero-order chi connectivity index (χ0) is 25.1. The molecule has 36 heavy (non-hydrogen) atoms. The second-order valence-corrected chi connectivity index (χ2v) is 9.89. The topological polar surface area (TPSA) is 37.3 Å². The van der Waals surface area contributed by atoms with Crippen LogP contribution in [0, 0.1) is 23.1 Å². The third-order valence-corrected chi connectivity index (χ3v) is 7.52. The molecular weight excluding hydrogens is 447 g/mol. The number of aliphatic hydroxyl groups is 1. The van der Waals surface area contributed by atoms with Crippen molar-refractivity contribution in [3.8, 4) is 11.8 Å². The minimum atomic E-state index is -0.478. The second-order valence-electron chi connectivity index (χ2n) is 9.89. The Morgan fingerprint density at radius 2 is 1.75 bits per heavy atom. The number of Topliss-reactive ketones (excluding diaryl/α,β-unsaturated/α-hetero) is 1. The molecule has 5 rings (SSSR count). The molecule has 0 bridgehead atoms. The number of hydrogen-bond donors (Lipinski definition) is 1. The second kappa shape index (κ2) is 10.1. The predicted molar refractivity (Wildman–Crippen MR) is 142 cm³/mol. The van der Waals surface area contributed by atoms with Gasteiger partial charge in [0.1, 0.15) is 5.82 Å². The first-order valence-electron chi connectivity index (χ1n) is 12.5. The molecule has 0 saturated heterocycles. The average molecular weight is 477 g/mol. The van der Waals surface area contributed by atoms with Gasteiger partial charge in [0.25, 0.3) is 0 Å². The lowest BCUT2D eigenvalue weighted by atomic mass is 9.57. The van der Waals surface area contributed by atoms with Gasteiger partial charge in [0, 0.05) is 22.1 Å². The Hall–Kier alpha value is -3.74. The Morgan fingerprint density at radius 1 is 1.00 bits per heavy atom. The van der Waals surface area contributed by atoms with Gasteiger partial charge in [-0.2, -0.15) is 0 Å². The maximum atomic E-state index is 13.4. The number of rotatable bonds is 3. The van der Waals surface area contributed by atoms with E-state index in [1.165, 1.54) is 17.7 Å². The summed E-state index contributed by atoms with van der Waals surface area (Å²) in [6.45, 7) is 1.92. The molecule has 0 aromatic heterocycles. The predicted octanol–water partition coefficient (Wildman–Crippen LogP) is 6.67. The van der Waals surface area contributed by atoms with Crippen LogP contribution in [0.4, 0.5) is 4.39 Å². The first kappa shape index (κ1) is 24.0. The van der Waals surface area contributed by atoms with Crippen LogP contribution in [0.3, 0.4) is 0 Å². The Morgan fingerprint density at radius 3 is 2.50 bits per heavy atom. The first-order chi connectivity index (χ1) is 17.4. The lowest BCUT2D eigenvalue weighted by Gasteiger charge is -2.48. The SMILES string of the molecule is CC1=C2CCC[C@H](O)[C@@]2(Cc2ccccc2)CC(=Cc2ccc(C#Cc3cccc(F)c3)cc2)C1=O. The van der Waals surface area contributed by atoms with E-state index in [0.29, 0.717) is 12.0 Å². The molecule has 0 radical (unpaired) electrons. The van der Waals surface area contributed by atoms with Crippen LogP contribution in [0.25, 0.3) is 6.08 Å². The molecule has 1 saturated carbocycles. The quantitative estimate of drug-likeness (QED) is 0.339. The van der Waals surface area contributed by atoms with Gasteiger partial charge in [0.05, 0.1) is 6.10 Å². The summed E-state index contributed by atoms with van der Waals surface area (Å²) >= 11 is 0. The lowest BCUT2D eigenvalue weighted by molar-refractivity contribution is -0.113. The van der Waals surface area contributed by atoms with Gasteiger partial charge in [-0.15, -0.1) is 0 Å². The number of halogens is 1. The van der Waals surface area contributed by atoms with E-state index < -0.39 is 11.5 Å². The molecule has 2 nitrogen and oxygen atoms in total. The summed E-state index contributed by atoms with van der Waals surface area (Å²) in [4.78, 5) is 13.4. The molecule has 2 aliphatic rings. The molecule has 2 aliphatic carbocycles. The fraction of sp³-hybridized carbons (Fsp3) is 0.242. The van der Waals surface area contributed by atoms with Gasteiger partial charge >= 0.3 is 0 Å². The van der Waals surface area contributed by atoms with Crippen LogP contribution in [-0.2, 0) is 11.2 Å². The molecule has 3 aromatic carbocycles. The van der Waals surface area contributed by atoms with Gasteiger partial charge in [-0.05, 0) is 92.1 Å². The van der Waals surface area contributed by atoms with Crippen molar-refractivity contribution in [2.75, 3.05) is 0 Å². The van der Waals surface area contributed by atoms with E-state index >= 15 is 0 Å². The van der Waals surface area contributed by atoms with E-state index in [1.54, 1.807) is 12.1 Å². The van der Waals surface area contributed by atoms with Gasteiger partial charge in [0.2, 0.25) is 0 Å². The maximum absolute atomic E-state index is 13.4. The minimum absolute atomic E-state index is 0.0813. The third-order valence-electron chi connectivity index (χ3n) is 7.52. The molecule has 1 fully saturated rings. The molecule has 3 aromatic rings. The number of hydrogen-bond acceptors (Lipinski definition) is 2. The van der Waals surface area contributed by atoms with Crippen molar-refractivity contribution in [1.82, 2.24) is 0 Å². The fourth-order valence-electron chi connectivity index (χ4n) is 5.72. The van der Waals surface area contributed by atoms with Crippen LogP contribution >= 0.6 is 0 Å². The van der Waals surface area contributed by atoms with Crippen molar-refractivity contribution in [2.24, 2.45) is 5.41 Å². The number of ketones is 1. The standard InChI is InChI=1S/C33H29FO2/c1-23-30-11-6-12-31(35)33(30,21-27-7-3-2-4-8-27)22-28(32(23)36)19-26-17-14-24(15-18-26)13-16-25-9-5-10-29(34)20-25/h2-5,7-10,14-15,17-20,31,35H,6,11-12,21-22H2,1H3/t31-,33-/m0/s1. The van der Waals surface area contributed by atoms with Crippen molar-refractivity contribution < 1.29 is 14.3 Å². The van der Waals surface area contributed by atoms with E-state index in [0.717, 1.165) is 53.5 Å². The van der Waals surface area contributed by atoms with Crippen LogP contribution in [0.5, 0.6) is 0 Å². The van der Waals surface area contributed by atoms with E-state index in [-0.39, 0.29) is 11.6 Å². The van der Waals surface area contributed by atoms with Crippen molar-refractivity contribution in [1.29, 1.82) is 0 Å². The average Bonchev–Trinajstić information content (AvgIpc) is 2.88. The molecular formula is C33H29FO2. The smallest absolute Gasteiger partial charge is 0.184 e. The third kappa shape index (κ3) is 4.83. The molecule has 0 aliphatic heterocycles. The van der Waals surface area contributed by atoms with Gasteiger partial charge in [-0.1, -0.05) is 65.9 Å². The molecule has 180 valence electrons. The normalized spacial score (nSPS) is 22.7. The number of aliphatic hydroxyl groups excluding tert-OH is 1. The summed E-state index contributed by atoms with van der Waals surface area (Å²) in [6.07, 6.45) is 5.27. The lowest BCUT2D eigenvalue weighted by Crippen LogP contribution is -2.46. The van der Waals surface area contributed by atoms with Gasteiger partial charge in [-0.25, -0.2) is 4.39 Å². The summed E-state index contributed by atoms with van der Waals surface area (Å²) in [5, 5.41) is 11.3. The minimum Gasteiger partial charge on any atom is -0.392 e. The summed E-state index contributed by atoms with van der Waals surface area (Å²) in [6, 6.07) is 24.2. The molecule has 1 N–H and O–H groups in total. The van der Waals surface area contributed by atoms with Crippen LogP contribution in [-0.4, -0.2) is 17.0 Å². The number of carbonyl (C=O) groups excluding carboxylic acids is 1. The largest absolute Gasteiger partial charge is 0.392 e. The van der Waals surface area contributed by atoms with Crippen molar-refractivity contribution >= 4 is 11.9 Å². The van der Waals surface area contributed by atoms with Gasteiger partial charge < -0.3 is 5.11 Å². The van der Waals surface area contributed by atoms with Crippen LogP contribution in [0.15, 0.2) is 95.6 Å². The number of allylic oxidation sites excluding steroid dienone is 2. The zero-order valence-corrected chi connectivity index (χ0v) is 20.4. The Bertz CT molecular complexity index is 1400. The highest BCUT2D eigenvalue weighted by Crippen LogP contribution is 2.52. The van der Waals surface area contributed by atoms with Crippen LogP contribution < -0.4 is 0 Å². The van der Waals surface area contributed by atoms with E-state index in [2.05, 4.69) is 24.0 Å². The number of fused-ring (bicyclic) bond motifs is 1. The number of carbonyl (C=O) groups is 1. The highest BCUT2D eigenvalue weighted by Gasteiger charge is 2.48. The monoisotopic (exact) mass is 476 g/mol. The Kier molecular flexibility index (Phi) is 6.72. The van der Waals surface area contributed by atoms with Gasteiger partial charge in [-0.3, -0.25) is 4.79 Å². The Balaban J connectivity index is 1.45. The molecule has 0 amide bonds. The molecule has 0 unspecified atom stereocenters. The molecule has 3 heteroatoms. The number of benzene rings is 3. The highest BCUT2D eigenvalue weighted by atomic mass is 19.1. The van der Waals surface area contributed by atoms with E-state index in [9.17, 15) is 14.3 Å². The summed E-state index contributed by atoms with van der Waals surface area (Å²) in [7, 11) is 0. The Labute approximate surface area is 212 Å². The highest BCUT2D eigenvalue weighted by molar-refractivity contribution is 6.12. The molecule has 2 atom stereocenters. The van der Waals surface area contributed by atoms with Crippen molar-refractivity contribution in [2.45, 2.75) is 45.1 Å². The summed E-state index contributed by atoms with van der Waals surface area (Å²) in [5.74, 6) is 5.83. The van der Waals surface area contributed by atoms with Gasteiger partial charge in [0.15, 0.2) is 5.78 Å². The maximum Gasteiger partial charge on any atom is 0.184 e. The molecule has 0 heterocycles.